The number of amides is 1. The lowest BCUT2D eigenvalue weighted by atomic mass is 10.1. The first-order chi connectivity index (χ1) is 10.6. The summed E-state index contributed by atoms with van der Waals surface area (Å²) in [4.78, 5) is 23.3. The molecule has 0 aliphatic carbocycles. The van der Waals surface area contributed by atoms with Crippen LogP contribution in [0.3, 0.4) is 0 Å². The van der Waals surface area contributed by atoms with Crippen molar-refractivity contribution in [2.24, 2.45) is 0 Å². The molecule has 0 aliphatic rings. The Hall–Kier alpha value is -1.96. The van der Waals surface area contributed by atoms with Crippen LogP contribution in [0.15, 0.2) is 24.3 Å². The topological polar surface area (TPSA) is 108 Å². The molecule has 128 valence electrons. The smallest absolute Gasteiger partial charge is 0.338 e. The molecule has 7 nitrogen and oxygen atoms in total. The number of hydrogen-bond donors (Lipinski definition) is 4. The minimum absolute atomic E-state index is 0.289. The second-order valence-corrected chi connectivity index (χ2v) is 6.27. The quantitative estimate of drug-likeness (QED) is 0.353. The summed E-state index contributed by atoms with van der Waals surface area (Å²) in [6, 6.07) is 5.78. The molecule has 0 fully saturated rings. The minimum atomic E-state index is -0.969. The lowest BCUT2D eigenvalue weighted by molar-refractivity contribution is -0.134. The molecule has 0 heterocycles. The molecular weight excluding hydrogens is 300 g/mol. The third-order valence-corrected chi connectivity index (χ3v) is 2.99. The van der Waals surface area contributed by atoms with E-state index in [9.17, 15) is 14.7 Å². The van der Waals surface area contributed by atoms with Gasteiger partial charge in [-0.1, -0.05) is 12.1 Å². The first-order valence-corrected chi connectivity index (χ1v) is 7.31. The Morgan fingerprint density at radius 2 is 1.78 bits per heavy atom. The molecule has 0 radical (unpaired) electrons. The monoisotopic (exact) mass is 324 g/mol. The molecule has 0 saturated heterocycles. The SMILES string of the molecule is C[C@@H](O)[C@H](NCc1ccc(C(=O)OC(C)(C)C)cc1)C(=O)NO. The third kappa shape index (κ3) is 6.35. The van der Waals surface area contributed by atoms with E-state index in [1.807, 2.05) is 0 Å². The van der Waals surface area contributed by atoms with Gasteiger partial charge in [0, 0.05) is 6.54 Å². The Labute approximate surface area is 135 Å². The van der Waals surface area contributed by atoms with E-state index in [0.29, 0.717) is 5.56 Å². The van der Waals surface area contributed by atoms with E-state index in [2.05, 4.69) is 5.32 Å². The maximum atomic E-state index is 11.9. The zero-order valence-electron chi connectivity index (χ0n) is 13.8. The van der Waals surface area contributed by atoms with Gasteiger partial charge >= 0.3 is 5.97 Å². The zero-order valence-corrected chi connectivity index (χ0v) is 13.8. The van der Waals surface area contributed by atoms with E-state index in [1.54, 1.807) is 45.0 Å². The first kappa shape index (κ1) is 19.1. The van der Waals surface area contributed by atoms with Crippen LogP contribution in [0.4, 0.5) is 0 Å². The standard InChI is InChI=1S/C16H24N2O5/c1-10(19)13(14(20)18-22)17-9-11-5-7-12(8-6-11)15(21)23-16(2,3)4/h5-8,10,13,17,19,22H,9H2,1-4H3,(H,18,20)/t10-,13+/m1/s1. The summed E-state index contributed by atoms with van der Waals surface area (Å²) in [5.74, 6) is -1.12. The van der Waals surface area contributed by atoms with Crippen molar-refractivity contribution in [2.45, 2.75) is 52.0 Å². The molecule has 0 unspecified atom stereocenters. The molecule has 1 aromatic carbocycles. The van der Waals surface area contributed by atoms with E-state index in [4.69, 9.17) is 9.94 Å². The highest BCUT2D eigenvalue weighted by molar-refractivity contribution is 5.89. The molecule has 23 heavy (non-hydrogen) atoms. The Morgan fingerprint density at radius 1 is 1.22 bits per heavy atom. The second-order valence-electron chi connectivity index (χ2n) is 6.27. The van der Waals surface area contributed by atoms with Crippen LogP contribution in [-0.4, -0.2) is 39.9 Å². The summed E-state index contributed by atoms with van der Waals surface area (Å²) in [5.41, 5.74) is 2.20. The Balaban J connectivity index is 2.67. The van der Waals surface area contributed by atoms with Crippen LogP contribution in [0.2, 0.25) is 0 Å². The molecule has 0 aromatic heterocycles. The molecule has 0 bridgehead atoms. The van der Waals surface area contributed by atoms with E-state index in [1.165, 1.54) is 12.4 Å². The fourth-order valence-electron chi connectivity index (χ4n) is 1.88. The number of rotatable bonds is 6. The number of benzene rings is 1. The van der Waals surface area contributed by atoms with Crippen LogP contribution in [-0.2, 0) is 16.1 Å². The normalized spacial score (nSPS) is 14.0. The predicted octanol–water partition coefficient (Wildman–Crippen LogP) is 0.986. The highest BCUT2D eigenvalue weighted by atomic mass is 16.6. The first-order valence-electron chi connectivity index (χ1n) is 7.31. The summed E-state index contributed by atoms with van der Waals surface area (Å²) in [7, 11) is 0. The van der Waals surface area contributed by atoms with E-state index in [0.717, 1.165) is 5.56 Å². The largest absolute Gasteiger partial charge is 0.456 e. The van der Waals surface area contributed by atoms with Gasteiger partial charge in [0.05, 0.1) is 11.7 Å². The fourth-order valence-corrected chi connectivity index (χ4v) is 1.88. The van der Waals surface area contributed by atoms with Gasteiger partial charge in [-0.25, -0.2) is 10.3 Å². The van der Waals surface area contributed by atoms with Gasteiger partial charge in [0.15, 0.2) is 0 Å². The molecule has 0 aliphatic heterocycles. The molecule has 0 spiro atoms. The molecule has 1 amide bonds. The van der Waals surface area contributed by atoms with E-state index >= 15 is 0 Å². The Kier molecular flexibility index (Phi) is 6.68. The average Bonchev–Trinajstić information content (AvgIpc) is 2.45. The summed E-state index contributed by atoms with van der Waals surface area (Å²) in [5, 5.41) is 21.0. The average molecular weight is 324 g/mol. The molecule has 2 atom stereocenters. The number of ether oxygens (including phenoxy) is 1. The Bertz CT molecular complexity index is 534. The molecule has 0 saturated carbocycles. The van der Waals surface area contributed by atoms with E-state index < -0.39 is 29.6 Å². The van der Waals surface area contributed by atoms with Crippen molar-refractivity contribution < 1.29 is 24.6 Å². The molecule has 1 aromatic rings. The highest BCUT2D eigenvalue weighted by Crippen LogP contribution is 2.13. The van der Waals surface area contributed by atoms with Crippen LogP contribution in [0.25, 0.3) is 0 Å². The van der Waals surface area contributed by atoms with Gasteiger partial charge in [0.2, 0.25) is 0 Å². The van der Waals surface area contributed by atoms with Crippen LogP contribution in [0.1, 0.15) is 43.6 Å². The number of hydroxylamine groups is 1. The van der Waals surface area contributed by atoms with Gasteiger partial charge < -0.3 is 9.84 Å². The number of aliphatic hydroxyl groups excluding tert-OH is 1. The van der Waals surface area contributed by atoms with Gasteiger partial charge in [-0.3, -0.25) is 15.3 Å². The minimum Gasteiger partial charge on any atom is -0.456 e. The van der Waals surface area contributed by atoms with Gasteiger partial charge in [-0.15, -0.1) is 0 Å². The number of carbonyl (C=O) groups is 2. The highest BCUT2D eigenvalue weighted by Gasteiger charge is 2.22. The van der Waals surface area contributed by atoms with Crippen LogP contribution >= 0.6 is 0 Å². The summed E-state index contributed by atoms with van der Waals surface area (Å²) < 4.78 is 5.27. The van der Waals surface area contributed by atoms with Gasteiger partial charge in [0.1, 0.15) is 11.6 Å². The lowest BCUT2D eigenvalue weighted by Gasteiger charge is -2.20. The molecule has 1 rings (SSSR count). The summed E-state index contributed by atoms with van der Waals surface area (Å²) in [6.07, 6.45) is -0.969. The van der Waals surface area contributed by atoms with Crippen molar-refractivity contribution in [3.8, 4) is 0 Å². The molecule has 7 heteroatoms. The maximum absolute atomic E-state index is 11.9. The summed E-state index contributed by atoms with van der Waals surface area (Å²) >= 11 is 0. The maximum Gasteiger partial charge on any atom is 0.338 e. The second kappa shape index (κ2) is 8.05. The Morgan fingerprint density at radius 3 is 2.22 bits per heavy atom. The number of nitrogens with one attached hydrogen (secondary N) is 2. The van der Waals surface area contributed by atoms with Crippen molar-refractivity contribution in [2.75, 3.05) is 0 Å². The lowest BCUT2D eigenvalue weighted by Crippen LogP contribution is -2.49. The van der Waals surface area contributed by atoms with Crippen LogP contribution < -0.4 is 10.8 Å². The van der Waals surface area contributed by atoms with Crippen molar-refractivity contribution in [3.05, 3.63) is 35.4 Å². The third-order valence-electron chi connectivity index (χ3n) is 2.99. The van der Waals surface area contributed by atoms with E-state index in [-0.39, 0.29) is 6.54 Å². The predicted molar refractivity (Wildman–Crippen MR) is 83.8 cm³/mol. The van der Waals surface area contributed by atoms with Crippen molar-refractivity contribution in [1.82, 2.24) is 10.8 Å². The zero-order chi connectivity index (χ0) is 17.6. The van der Waals surface area contributed by atoms with Gasteiger partial charge in [-0.2, -0.15) is 0 Å². The number of esters is 1. The van der Waals surface area contributed by atoms with Gasteiger partial charge in [0.25, 0.3) is 5.91 Å². The van der Waals surface area contributed by atoms with Crippen molar-refractivity contribution in [3.63, 3.8) is 0 Å². The number of aliphatic hydroxyl groups is 1. The van der Waals surface area contributed by atoms with Crippen LogP contribution in [0, 0.1) is 0 Å². The van der Waals surface area contributed by atoms with Crippen molar-refractivity contribution >= 4 is 11.9 Å². The number of carbonyl (C=O) groups excluding carboxylic acids is 2. The molecular formula is C16H24N2O5. The number of hydrogen-bond acceptors (Lipinski definition) is 6. The fraction of sp³-hybridized carbons (Fsp3) is 0.500. The molecule has 4 N–H and O–H groups in total. The summed E-state index contributed by atoms with van der Waals surface area (Å²) in [6.45, 7) is 7.12. The van der Waals surface area contributed by atoms with Gasteiger partial charge in [-0.05, 0) is 45.4 Å². The van der Waals surface area contributed by atoms with Crippen molar-refractivity contribution in [1.29, 1.82) is 0 Å². The van der Waals surface area contributed by atoms with Crippen LogP contribution in [0.5, 0.6) is 0 Å².